The summed E-state index contributed by atoms with van der Waals surface area (Å²) in [6.45, 7) is 2.24. The van der Waals surface area contributed by atoms with E-state index in [0.717, 1.165) is 29.3 Å². The van der Waals surface area contributed by atoms with Gasteiger partial charge in [0.25, 0.3) is 0 Å². The third-order valence-corrected chi connectivity index (χ3v) is 5.58. The van der Waals surface area contributed by atoms with Crippen LogP contribution >= 0.6 is 27.3 Å². The molecule has 0 bridgehead atoms. The van der Waals surface area contributed by atoms with Crippen molar-refractivity contribution < 1.29 is 9.84 Å². The minimum atomic E-state index is -0.532. The van der Waals surface area contributed by atoms with Crippen molar-refractivity contribution >= 4 is 27.3 Å². The summed E-state index contributed by atoms with van der Waals surface area (Å²) in [6, 6.07) is 0. The summed E-state index contributed by atoms with van der Waals surface area (Å²) in [5, 5.41) is 14.7. The minimum absolute atomic E-state index is 0.402. The van der Waals surface area contributed by atoms with E-state index in [1.54, 1.807) is 18.4 Å². The fourth-order valence-corrected chi connectivity index (χ4v) is 4.39. The predicted octanol–water partition coefficient (Wildman–Crippen LogP) is 4.14. The van der Waals surface area contributed by atoms with E-state index in [1.807, 2.05) is 10.8 Å². The van der Waals surface area contributed by atoms with Gasteiger partial charge in [-0.15, -0.1) is 0 Å². The van der Waals surface area contributed by atoms with Crippen LogP contribution in [0, 0.1) is 5.92 Å². The summed E-state index contributed by atoms with van der Waals surface area (Å²) < 4.78 is 6.71. The third kappa shape index (κ3) is 2.60. The average molecular weight is 319 g/mol. The maximum atomic E-state index is 10.6. The molecule has 0 radical (unpaired) electrons. The first-order valence-electron chi connectivity index (χ1n) is 6.04. The maximum Gasteiger partial charge on any atom is 0.110 e. The summed E-state index contributed by atoms with van der Waals surface area (Å²) in [5.41, 5.74) is 0.562. The third-order valence-electron chi connectivity index (χ3n) is 3.83. The van der Waals surface area contributed by atoms with Gasteiger partial charge in [-0.2, -0.15) is 11.3 Å². The van der Waals surface area contributed by atoms with E-state index in [4.69, 9.17) is 4.74 Å². The predicted molar refractivity (Wildman–Crippen MR) is 74.4 cm³/mol. The van der Waals surface area contributed by atoms with Crippen LogP contribution in [-0.2, 0) is 4.74 Å². The molecule has 1 heterocycles. The summed E-state index contributed by atoms with van der Waals surface area (Å²) in [6.07, 6.45) is 3.72. The topological polar surface area (TPSA) is 29.5 Å². The monoisotopic (exact) mass is 318 g/mol. The van der Waals surface area contributed by atoms with Gasteiger partial charge in [0, 0.05) is 22.5 Å². The lowest BCUT2D eigenvalue weighted by Crippen LogP contribution is -2.42. The van der Waals surface area contributed by atoms with Gasteiger partial charge < -0.3 is 9.84 Å². The minimum Gasteiger partial charge on any atom is -0.385 e. The molecule has 2 nitrogen and oxygen atoms in total. The molecule has 4 heteroatoms. The van der Waals surface area contributed by atoms with Crippen LogP contribution in [0.3, 0.4) is 0 Å². The lowest BCUT2D eigenvalue weighted by Gasteiger charge is -2.42. The number of aliphatic hydroxyl groups is 1. The molecule has 0 amide bonds. The van der Waals surface area contributed by atoms with Crippen LogP contribution in [0.1, 0.15) is 44.3 Å². The van der Waals surface area contributed by atoms with E-state index < -0.39 is 11.7 Å². The van der Waals surface area contributed by atoms with Crippen molar-refractivity contribution in [1.82, 2.24) is 0 Å². The lowest BCUT2D eigenvalue weighted by atomic mass is 9.74. The van der Waals surface area contributed by atoms with Gasteiger partial charge >= 0.3 is 0 Å². The Bertz CT molecular complexity index is 379. The summed E-state index contributed by atoms with van der Waals surface area (Å²) in [4.78, 5) is 0. The number of aliphatic hydroxyl groups excluding tert-OH is 1. The molecule has 1 aliphatic rings. The Balaban J connectivity index is 2.26. The number of thiophene rings is 1. The molecule has 1 N–H and O–H groups in total. The zero-order chi connectivity index (χ0) is 12.5. The number of hydrogen-bond acceptors (Lipinski definition) is 3. The van der Waals surface area contributed by atoms with Crippen LogP contribution in [0.25, 0.3) is 0 Å². The van der Waals surface area contributed by atoms with Gasteiger partial charge in [0.15, 0.2) is 0 Å². The molecule has 1 aliphatic carbocycles. The Morgan fingerprint density at radius 3 is 2.88 bits per heavy atom. The molecule has 17 heavy (non-hydrogen) atoms. The van der Waals surface area contributed by atoms with Crippen molar-refractivity contribution in [3.05, 3.63) is 20.8 Å². The van der Waals surface area contributed by atoms with Gasteiger partial charge in [0.05, 0.1) is 5.60 Å². The van der Waals surface area contributed by atoms with Gasteiger partial charge in [0.2, 0.25) is 0 Å². The Hall–Kier alpha value is 0.100. The van der Waals surface area contributed by atoms with Crippen molar-refractivity contribution in [3.8, 4) is 0 Å². The molecule has 1 saturated carbocycles. The standard InChI is InChI=1S/C13H19BrO2S/c1-9-4-3-5-13(6-9,16-2)12(15)10-7-17-8-11(10)14/h7-9,12,15H,3-6H2,1-2H3. The molecular formula is C13H19BrO2S. The van der Waals surface area contributed by atoms with E-state index in [2.05, 4.69) is 22.9 Å². The van der Waals surface area contributed by atoms with Crippen molar-refractivity contribution in [2.45, 2.75) is 44.3 Å². The van der Waals surface area contributed by atoms with E-state index in [9.17, 15) is 5.11 Å². The van der Waals surface area contributed by atoms with Gasteiger partial charge in [-0.25, -0.2) is 0 Å². The second kappa shape index (κ2) is 5.39. The van der Waals surface area contributed by atoms with E-state index in [1.165, 1.54) is 6.42 Å². The Morgan fingerprint density at radius 1 is 1.59 bits per heavy atom. The number of rotatable bonds is 3. The van der Waals surface area contributed by atoms with Crippen molar-refractivity contribution in [2.24, 2.45) is 5.92 Å². The first-order chi connectivity index (χ1) is 8.09. The molecule has 0 saturated heterocycles. The van der Waals surface area contributed by atoms with Crippen molar-refractivity contribution in [3.63, 3.8) is 0 Å². The maximum absolute atomic E-state index is 10.6. The van der Waals surface area contributed by atoms with Crippen molar-refractivity contribution in [2.75, 3.05) is 7.11 Å². The van der Waals surface area contributed by atoms with Crippen LogP contribution in [0.4, 0.5) is 0 Å². The number of methoxy groups -OCH3 is 1. The van der Waals surface area contributed by atoms with Crippen LogP contribution in [0.5, 0.6) is 0 Å². The first-order valence-corrected chi connectivity index (χ1v) is 7.77. The number of halogens is 1. The highest BCUT2D eigenvalue weighted by atomic mass is 79.9. The van der Waals surface area contributed by atoms with Crippen LogP contribution in [0.15, 0.2) is 15.2 Å². The molecule has 1 aromatic heterocycles. The molecule has 2 rings (SSSR count). The average Bonchev–Trinajstić information content (AvgIpc) is 2.74. The zero-order valence-corrected chi connectivity index (χ0v) is 12.7. The molecule has 1 aromatic rings. The molecule has 3 unspecified atom stereocenters. The highest BCUT2D eigenvalue weighted by Crippen LogP contribution is 2.45. The molecule has 1 fully saturated rings. The SMILES string of the molecule is COC1(C(O)c2cscc2Br)CCCC(C)C1. The molecule has 3 atom stereocenters. The number of hydrogen-bond donors (Lipinski definition) is 1. The van der Waals surface area contributed by atoms with E-state index in [0.29, 0.717) is 5.92 Å². The zero-order valence-electron chi connectivity index (χ0n) is 10.3. The quantitative estimate of drug-likeness (QED) is 0.907. The van der Waals surface area contributed by atoms with Gasteiger partial charge in [0.1, 0.15) is 6.10 Å². The summed E-state index contributed by atoms with van der Waals surface area (Å²) >= 11 is 5.10. The van der Waals surface area contributed by atoms with Gasteiger partial charge in [-0.1, -0.05) is 19.8 Å². The Labute approximate surface area is 115 Å². The fourth-order valence-electron chi connectivity index (χ4n) is 2.86. The smallest absolute Gasteiger partial charge is 0.110 e. The van der Waals surface area contributed by atoms with Crippen LogP contribution in [0.2, 0.25) is 0 Å². The van der Waals surface area contributed by atoms with Gasteiger partial charge in [-0.05, 0) is 40.1 Å². The Morgan fingerprint density at radius 2 is 2.35 bits per heavy atom. The van der Waals surface area contributed by atoms with E-state index >= 15 is 0 Å². The first kappa shape index (κ1) is 13.5. The number of ether oxygens (including phenoxy) is 1. The highest BCUT2D eigenvalue weighted by Gasteiger charge is 2.42. The highest BCUT2D eigenvalue weighted by molar-refractivity contribution is 9.10. The lowest BCUT2D eigenvalue weighted by molar-refractivity contribution is -0.134. The normalized spacial score (nSPS) is 31.4. The Kier molecular flexibility index (Phi) is 4.29. The van der Waals surface area contributed by atoms with E-state index in [-0.39, 0.29) is 0 Å². The fraction of sp³-hybridized carbons (Fsp3) is 0.692. The summed E-state index contributed by atoms with van der Waals surface area (Å²) in [5.74, 6) is 0.621. The molecule has 0 aromatic carbocycles. The second-order valence-electron chi connectivity index (χ2n) is 5.05. The largest absolute Gasteiger partial charge is 0.385 e. The van der Waals surface area contributed by atoms with Crippen molar-refractivity contribution in [1.29, 1.82) is 0 Å². The summed E-state index contributed by atoms with van der Waals surface area (Å²) in [7, 11) is 1.72. The van der Waals surface area contributed by atoms with Crippen LogP contribution in [-0.4, -0.2) is 17.8 Å². The molecule has 0 aliphatic heterocycles. The van der Waals surface area contributed by atoms with Gasteiger partial charge in [-0.3, -0.25) is 0 Å². The molecule has 96 valence electrons. The molecule has 0 spiro atoms. The van der Waals surface area contributed by atoms with Crippen LogP contribution < -0.4 is 0 Å². The second-order valence-corrected chi connectivity index (χ2v) is 6.65. The molecular weight excluding hydrogens is 300 g/mol.